The zero-order valence-electron chi connectivity index (χ0n) is 12.6. The van der Waals surface area contributed by atoms with Crippen LogP contribution in [-0.2, 0) is 0 Å². The molecular weight excluding hydrogens is 264 g/mol. The average Bonchev–Trinajstić information content (AvgIpc) is 2.53. The lowest BCUT2D eigenvalue weighted by Gasteiger charge is -2.27. The Bertz CT molecular complexity index is 676. The van der Waals surface area contributed by atoms with Crippen LogP contribution in [0.1, 0.15) is 35.3 Å². The Morgan fingerprint density at radius 2 is 1.95 bits per heavy atom. The fraction of sp³-hybridized carbons (Fsp3) is 0.412. The van der Waals surface area contributed by atoms with Crippen LogP contribution < -0.4 is 4.74 Å². The molecule has 1 aromatic carbocycles. The van der Waals surface area contributed by atoms with E-state index < -0.39 is 0 Å². The quantitative estimate of drug-likeness (QED) is 0.850. The van der Waals surface area contributed by atoms with Crippen molar-refractivity contribution in [3.05, 3.63) is 35.5 Å². The summed E-state index contributed by atoms with van der Waals surface area (Å²) in [5.74, 6) is 0.891. The standard InChI is InChI=1S/C17H20N2O2/c1-12-15(17(20)19-8-4-3-5-9-19)10-13-6-7-14(21-2)11-16(13)18-12/h6-7,10-11H,3-5,8-9H2,1-2H3. The maximum absolute atomic E-state index is 12.6. The van der Waals surface area contributed by atoms with E-state index in [9.17, 15) is 4.79 Å². The highest BCUT2D eigenvalue weighted by atomic mass is 16.5. The minimum atomic E-state index is 0.109. The number of aromatic nitrogens is 1. The van der Waals surface area contributed by atoms with E-state index in [4.69, 9.17) is 4.74 Å². The van der Waals surface area contributed by atoms with Gasteiger partial charge >= 0.3 is 0 Å². The van der Waals surface area contributed by atoms with Crippen LogP contribution in [0.15, 0.2) is 24.3 Å². The molecule has 0 spiro atoms. The van der Waals surface area contributed by atoms with Crippen LogP contribution in [0.5, 0.6) is 5.75 Å². The highest BCUT2D eigenvalue weighted by Crippen LogP contribution is 2.23. The molecule has 0 atom stereocenters. The van der Waals surface area contributed by atoms with Gasteiger partial charge in [0.2, 0.25) is 0 Å². The maximum atomic E-state index is 12.6. The molecule has 3 rings (SSSR count). The molecule has 1 saturated heterocycles. The van der Waals surface area contributed by atoms with E-state index in [1.165, 1.54) is 6.42 Å². The number of piperidine rings is 1. The van der Waals surface area contributed by atoms with Crippen molar-refractivity contribution >= 4 is 16.8 Å². The van der Waals surface area contributed by atoms with Crippen LogP contribution in [0.25, 0.3) is 10.9 Å². The SMILES string of the molecule is COc1ccc2cc(C(=O)N3CCCCC3)c(C)nc2c1. The number of nitrogens with zero attached hydrogens (tertiary/aromatic N) is 2. The number of aryl methyl sites for hydroxylation is 1. The Balaban J connectivity index is 1.98. The van der Waals surface area contributed by atoms with Crippen LogP contribution in [0.2, 0.25) is 0 Å². The van der Waals surface area contributed by atoms with Crippen LogP contribution in [-0.4, -0.2) is 36.0 Å². The number of ether oxygens (including phenoxy) is 1. The molecule has 0 unspecified atom stereocenters. The first-order valence-electron chi connectivity index (χ1n) is 7.44. The second kappa shape index (κ2) is 5.72. The van der Waals surface area contributed by atoms with Gasteiger partial charge in [0.15, 0.2) is 0 Å². The third-order valence-electron chi connectivity index (χ3n) is 4.09. The molecule has 0 N–H and O–H groups in total. The molecule has 1 aliphatic rings. The lowest BCUT2D eigenvalue weighted by atomic mass is 10.1. The van der Waals surface area contributed by atoms with Gasteiger partial charge in [-0.15, -0.1) is 0 Å². The van der Waals surface area contributed by atoms with E-state index in [1.54, 1.807) is 7.11 Å². The molecule has 4 heteroatoms. The number of rotatable bonds is 2. The molecule has 1 aliphatic heterocycles. The number of benzene rings is 1. The molecule has 0 bridgehead atoms. The largest absolute Gasteiger partial charge is 0.497 e. The number of fused-ring (bicyclic) bond motifs is 1. The molecule has 1 aromatic heterocycles. The molecule has 2 aromatic rings. The Kier molecular flexibility index (Phi) is 3.78. The average molecular weight is 284 g/mol. The Labute approximate surface area is 124 Å². The van der Waals surface area contributed by atoms with Crippen molar-refractivity contribution in [3.63, 3.8) is 0 Å². The molecule has 0 saturated carbocycles. The molecule has 0 radical (unpaired) electrons. The number of carbonyl (C=O) groups excluding carboxylic acids is 1. The lowest BCUT2D eigenvalue weighted by molar-refractivity contribution is 0.0723. The molecule has 4 nitrogen and oxygen atoms in total. The smallest absolute Gasteiger partial charge is 0.255 e. The molecule has 110 valence electrons. The van der Waals surface area contributed by atoms with Gasteiger partial charge in [-0.05, 0) is 44.4 Å². The predicted octanol–water partition coefficient (Wildman–Crippen LogP) is 3.18. The highest BCUT2D eigenvalue weighted by molar-refractivity contribution is 5.98. The van der Waals surface area contributed by atoms with Crippen molar-refractivity contribution in [2.45, 2.75) is 26.2 Å². The van der Waals surface area contributed by atoms with Crippen LogP contribution >= 0.6 is 0 Å². The van der Waals surface area contributed by atoms with Gasteiger partial charge in [0.1, 0.15) is 5.75 Å². The van der Waals surface area contributed by atoms with E-state index in [2.05, 4.69) is 4.98 Å². The summed E-state index contributed by atoms with van der Waals surface area (Å²) in [6.07, 6.45) is 3.42. The maximum Gasteiger partial charge on any atom is 0.255 e. The fourth-order valence-corrected chi connectivity index (χ4v) is 2.85. The third kappa shape index (κ3) is 2.71. The second-order valence-corrected chi connectivity index (χ2v) is 5.53. The van der Waals surface area contributed by atoms with Gasteiger partial charge in [-0.1, -0.05) is 0 Å². The molecular formula is C17H20N2O2. The molecule has 1 amide bonds. The van der Waals surface area contributed by atoms with E-state index >= 15 is 0 Å². The summed E-state index contributed by atoms with van der Waals surface area (Å²) >= 11 is 0. The van der Waals surface area contributed by atoms with Crippen molar-refractivity contribution in [1.29, 1.82) is 0 Å². The zero-order valence-corrected chi connectivity index (χ0v) is 12.6. The van der Waals surface area contributed by atoms with Crippen molar-refractivity contribution in [2.75, 3.05) is 20.2 Å². The fourth-order valence-electron chi connectivity index (χ4n) is 2.85. The first-order valence-corrected chi connectivity index (χ1v) is 7.44. The highest BCUT2D eigenvalue weighted by Gasteiger charge is 2.20. The van der Waals surface area contributed by atoms with E-state index in [-0.39, 0.29) is 5.91 Å². The minimum absolute atomic E-state index is 0.109. The number of hydrogen-bond donors (Lipinski definition) is 0. The molecule has 1 fully saturated rings. The first-order chi connectivity index (χ1) is 10.2. The number of amides is 1. The monoisotopic (exact) mass is 284 g/mol. The predicted molar refractivity (Wildman–Crippen MR) is 82.8 cm³/mol. The summed E-state index contributed by atoms with van der Waals surface area (Å²) in [5.41, 5.74) is 2.36. The molecule has 21 heavy (non-hydrogen) atoms. The number of pyridine rings is 1. The van der Waals surface area contributed by atoms with Gasteiger partial charge in [-0.25, -0.2) is 0 Å². The summed E-state index contributed by atoms with van der Waals surface area (Å²) in [6.45, 7) is 3.62. The van der Waals surface area contributed by atoms with Gasteiger partial charge in [0.05, 0.1) is 23.9 Å². The zero-order chi connectivity index (χ0) is 14.8. The normalized spacial score (nSPS) is 15.2. The Morgan fingerprint density at radius 3 is 2.67 bits per heavy atom. The summed E-state index contributed by atoms with van der Waals surface area (Å²) in [6, 6.07) is 7.70. The third-order valence-corrected chi connectivity index (χ3v) is 4.09. The van der Waals surface area contributed by atoms with Crippen molar-refractivity contribution in [3.8, 4) is 5.75 Å². The summed E-state index contributed by atoms with van der Waals surface area (Å²) < 4.78 is 5.22. The van der Waals surface area contributed by atoms with Crippen molar-refractivity contribution in [2.24, 2.45) is 0 Å². The van der Waals surface area contributed by atoms with E-state index in [0.29, 0.717) is 0 Å². The number of carbonyl (C=O) groups is 1. The summed E-state index contributed by atoms with van der Waals surface area (Å²) in [4.78, 5) is 19.2. The van der Waals surface area contributed by atoms with Crippen molar-refractivity contribution < 1.29 is 9.53 Å². The lowest BCUT2D eigenvalue weighted by Crippen LogP contribution is -2.36. The summed E-state index contributed by atoms with van der Waals surface area (Å²) in [5, 5.41) is 0.974. The van der Waals surface area contributed by atoms with Crippen LogP contribution in [0, 0.1) is 6.92 Å². The van der Waals surface area contributed by atoms with Gasteiger partial charge in [-0.2, -0.15) is 0 Å². The van der Waals surface area contributed by atoms with E-state index in [1.807, 2.05) is 36.1 Å². The van der Waals surface area contributed by atoms with Gasteiger partial charge in [0.25, 0.3) is 5.91 Å². The van der Waals surface area contributed by atoms with Crippen LogP contribution in [0.3, 0.4) is 0 Å². The van der Waals surface area contributed by atoms with Crippen LogP contribution in [0.4, 0.5) is 0 Å². The Hall–Kier alpha value is -2.10. The summed E-state index contributed by atoms with van der Waals surface area (Å²) in [7, 11) is 1.64. The van der Waals surface area contributed by atoms with Gasteiger partial charge in [0, 0.05) is 24.5 Å². The number of hydrogen-bond acceptors (Lipinski definition) is 3. The minimum Gasteiger partial charge on any atom is -0.497 e. The topological polar surface area (TPSA) is 42.4 Å². The van der Waals surface area contributed by atoms with Crippen molar-refractivity contribution in [1.82, 2.24) is 9.88 Å². The number of methoxy groups -OCH3 is 1. The first kappa shape index (κ1) is 13.9. The van der Waals surface area contributed by atoms with E-state index in [0.717, 1.165) is 53.8 Å². The second-order valence-electron chi connectivity index (χ2n) is 5.53. The molecule has 0 aliphatic carbocycles. The molecule has 2 heterocycles. The van der Waals surface area contributed by atoms with Gasteiger partial charge < -0.3 is 9.64 Å². The number of likely N-dealkylation sites (tertiary alicyclic amines) is 1. The Morgan fingerprint density at radius 1 is 1.19 bits per heavy atom. The van der Waals surface area contributed by atoms with Gasteiger partial charge in [-0.3, -0.25) is 9.78 Å².